The molecule has 0 radical (unpaired) electrons. The molecule has 114 valence electrons. The van der Waals surface area contributed by atoms with E-state index >= 15 is 0 Å². The van der Waals surface area contributed by atoms with Gasteiger partial charge in [-0.2, -0.15) is 5.10 Å². The van der Waals surface area contributed by atoms with Crippen molar-refractivity contribution in [1.29, 1.82) is 0 Å². The van der Waals surface area contributed by atoms with Gasteiger partial charge in [0, 0.05) is 12.7 Å². The van der Waals surface area contributed by atoms with Crippen LogP contribution in [0.4, 0.5) is 0 Å². The minimum absolute atomic E-state index is 0.126. The SMILES string of the molecule is CC(O)CC(C)(C)CNC(=O)c1cnn(C(C)(C)C)c1. The van der Waals surface area contributed by atoms with Crippen LogP contribution in [0, 0.1) is 5.41 Å². The molecule has 0 aliphatic rings. The van der Waals surface area contributed by atoms with Crippen molar-refractivity contribution >= 4 is 5.91 Å². The Morgan fingerprint density at radius 1 is 1.40 bits per heavy atom. The van der Waals surface area contributed by atoms with Crippen LogP contribution in [0.1, 0.15) is 58.3 Å². The summed E-state index contributed by atoms with van der Waals surface area (Å²) in [5, 5.41) is 16.6. The van der Waals surface area contributed by atoms with E-state index in [1.54, 1.807) is 24.0 Å². The zero-order valence-electron chi connectivity index (χ0n) is 13.4. The summed E-state index contributed by atoms with van der Waals surface area (Å²) < 4.78 is 1.78. The molecule has 0 saturated carbocycles. The van der Waals surface area contributed by atoms with Gasteiger partial charge in [0.1, 0.15) is 0 Å². The predicted octanol–water partition coefficient (Wildman–Crippen LogP) is 2.17. The largest absolute Gasteiger partial charge is 0.393 e. The van der Waals surface area contributed by atoms with E-state index in [-0.39, 0.29) is 23.0 Å². The van der Waals surface area contributed by atoms with E-state index in [1.807, 2.05) is 34.6 Å². The molecule has 0 bridgehead atoms. The Labute approximate surface area is 121 Å². The first-order valence-electron chi connectivity index (χ1n) is 7.03. The smallest absolute Gasteiger partial charge is 0.254 e. The number of amides is 1. The van der Waals surface area contributed by atoms with Crippen LogP contribution in [0.2, 0.25) is 0 Å². The third-order valence-electron chi connectivity index (χ3n) is 3.11. The summed E-state index contributed by atoms with van der Waals surface area (Å²) >= 11 is 0. The Hall–Kier alpha value is -1.36. The van der Waals surface area contributed by atoms with Gasteiger partial charge in [-0.15, -0.1) is 0 Å². The van der Waals surface area contributed by atoms with Gasteiger partial charge >= 0.3 is 0 Å². The number of hydrogen-bond donors (Lipinski definition) is 2. The lowest BCUT2D eigenvalue weighted by atomic mass is 9.87. The number of aliphatic hydroxyl groups is 1. The third kappa shape index (κ3) is 4.96. The van der Waals surface area contributed by atoms with Crippen molar-refractivity contribution in [3.05, 3.63) is 18.0 Å². The van der Waals surface area contributed by atoms with E-state index in [0.29, 0.717) is 18.5 Å². The molecule has 0 aromatic carbocycles. The molecule has 1 aromatic rings. The summed E-state index contributed by atoms with van der Waals surface area (Å²) in [7, 11) is 0. The van der Waals surface area contributed by atoms with Gasteiger partial charge in [0.2, 0.25) is 0 Å². The van der Waals surface area contributed by atoms with E-state index in [0.717, 1.165) is 0 Å². The van der Waals surface area contributed by atoms with Crippen molar-refractivity contribution in [1.82, 2.24) is 15.1 Å². The van der Waals surface area contributed by atoms with Crippen LogP contribution in [0.25, 0.3) is 0 Å². The Balaban J connectivity index is 2.62. The maximum Gasteiger partial charge on any atom is 0.254 e. The summed E-state index contributed by atoms with van der Waals surface area (Å²) in [4.78, 5) is 12.1. The first-order chi connectivity index (χ1) is 9.01. The second kappa shape index (κ2) is 5.95. The maximum absolute atomic E-state index is 12.1. The van der Waals surface area contributed by atoms with Crippen LogP contribution >= 0.6 is 0 Å². The van der Waals surface area contributed by atoms with Crippen LogP contribution < -0.4 is 5.32 Å². The molecule has 0 spiro atoms. The summed E-state index contributed by atoms with van der Waals surface area (Å²) in [6, 6.07) is 0. The molecule has 0 saturated heterocycles. The Bertz CT molecular complexity index is 456. The minimum Gasteiger partial charge on any atom is -0.393 e. The topological polar surface area (TPSA) is 67.2 Å². The van der Waals surface area contributed by atoms with E-state index in [9.17, 15) is 9.90 Å². The van der Waals surface area contributed by atoms with Crippen LogP contribution in [-0.2, 0) is 5.54 Å². The van der Waals surface area contributed by atoms with Crippen molar-refractivity contribution in [2.75, 3.05) is 6.54 Å². The molecule has 1 atom stereocenters. The fraction of sp³-hybridized carbons (Fsp3) is 0.733. The van der Waals surface area contributed by atoms with Crippen molar-refractivity contribution in [3.63, 3.8) is 0 Å². The number of aromatic nitrogens is 2. The fourth-order valence-electron chi connectivity index (χ4n) is 2.10. The molecule has 2 N–H and O–H groups in total. The molecule has 1 aromatic heterocycles. The molecular formula is C15H27N3O2. The fourth-order valence-corrected chi connectivity index (χ4v) is 2.10. The van der Waals surface area contributed by atoms with Crippen molar-refractivity contribution in [2.24, 2.45) is 5.41 Å². The molecule has 0 aliphatic carbocycles. The first-order valence-corrected chi connectivity index (χ1v) is 7.03. The van der Waals surface area contributed by atoms with Gasteiger partial charge in [-0.1, -0.05) is 13.8 Å². The van der Waals surface area contributed by atoms with E-state index in [4.69, 9.17) is 0 Å². The maximum atomic E-state index is 12.1. The molecule has 0 fully saturated rings. The van der Waals surface area contributed by atoms with Crippen molar-refractivity contribution in [2.45, 2.75) is 59.6 Å². The normalized spacial score (nSPS) is 14.2. The summed E-state index contributed by atoms with van der Waals surface area (Å²) in [6.45, 7) is 12.4. The zero-order valence-corrected chi connectivity index (χ0v) is 13.4. The average Bonchev–Trinajstić information content (AvgIpc) is 2.72. The monoisotopic (exact) mass is 281 g/mol. The minimum atomic E-state index is -0.370. The number of aliphatic hydroxyl groups excluding tert-OH is 1. The van der Waals surface area contributed by atoms with Gasteiger partial charge in [0.15, 0.2) is 0 Å². The lowest BCUT2D eigenvalue weighted by molar-refractivity contribution is 0.0902. The molecule has 1 amide bonds. The number of nitrogens with one attached hydrogen (secondary N) is 1. The highest BCUT2D eigenvalue weighted by Gasteiger charge is 2.22. The van der Waals surface area contributed by atoms with E-state index < -0.39 is 0 Å². The molecule has 0 aliphatic heterocycles. The number of nitrogens with zero attached hydrogens (tertiary/aromatic N) is 2. The van der Waals surface area contributed by atoms with Gasteiger partial charge in [-0.05, 0) is 39.5 Å². The number of carbonyl (C=O) groups excluding carboxylic acids is 1. The second-order valence-corrected chi connectivity index (χ2v) is 7.24. The average molecular weight is 281 g/mol. The molecule has 5 heteroatoms. The quantitative estimate of drug-likeness (QED) is 0.869. The molecule has 20 heavy (non-hydrogen) atoms. The third-order valence-corrected chi connectivity index (χ3v) is 3.11. The summed E-state index contributed by atoms with van der Waals surface area (Å²) in [5.74, 6) is -0.126. The van der Waals surface area contributed by atoms with Crippen LogP contribution in [-0.4, -0.2) is 33.4 Å². The molecule has 1 rings (SSSR count). The number of rotatable bonds is 5. The molecule has 5 nitrogen and oxygen atoms in total. The van der Waals surface area contributed by atoms with Gasteiger partial charge < -0.3 is 10.4 Å². The van der Waals surface area contributed by atoms with Crippen molar-refractivity contribution in [3.8, 4) is 0 Å². The highest BCUT2D eigenvalue weighted by molar-refractivity contribution is 5.93. The first kappa shape index (κ1) is 16.7. The standard InChI is InChI=1S/C15H27N3O2/c1-11(19)7-15(5,6)10-16-13(20)12-8-17-18(9-12)14(2,3)4/h8-9,11,19H,7,10H2,1-6H3,(H,16,20). The molecule has 1 unspecified atom stereocenters. The van der Waals surface area contributed by atoms with Crippen LogP contribution in [0.3, 0.4) is 0 Å². The second-order valence-electron chi connectivity index (χ2n) is 7.24. The zero-order chi connectivity index (χ0) is 15.6. The summed E-state index contributed by atoms with van der Waals surface area (Å²) in [6.07, 6.45) is 3.62. The lowest BCUT2D eigenvalue weighted by Gasteiger charge is -2.26. The molecular weight excluding hydrogens is 254 g/mol. The highest BCUT2D eigenvalue weighted by Crippen LogP contribution is 2.21. The summed E-state index contributed by atoms with van der Waals surface area (Å²) in [5.41, 5.74) is 0.293. The van der Waals surface area contributed by atoms with Gasteiger partial charge in [0.05, 0.1) is 23.4 Å². The van der Waals surface area contributed by atoms with Crippen LogP contribution in [0.5, 0.6) is 0 Å². The van der Waals surface area contributed by atoms with Crippen LogP contribution in [0.15, 0.2) is 12.4 Å². The van der Waals surface area contributed by atoms with Gasteiger partial charge in [-0.3, -0.25) is 9.48 Å². The lowest BCUT2D eigenvalue weighted by Crippen LogP contribution is -2.35. The molecule has 1 heterocycles. The van der Waals surface area contributed by atoms with Gasteiger partial charge in [0.25, 0.3) is 5.91 Å². The Morgan fingerprint density at radius 3 is 2.45 bits per heavy atom. The van der Waals surface area contributed by atoms with Gasteiger partial charge in [-0.25, -0.2) is 0 Å². The predicted molar refractivity (Wildman–Crippen MR) is 79.6 cm³/mol. The Morgan fingerprint density at radius 2 is 2.00 bits per heavy atom. The Kier molecular flexibility index (Phi) is 4.97. The highest BCUT2D eigenvalue weighted by atomic mass is 16.3. The van der Waals surface area contributed by atoms with Crippen molar-refractivity contribution < 1.29 is 9.90 Å². The number of carbonyl (C=O) groups is 1. The van der Waals surface area contributed by atoms with E-state index in [1.165, 1.54) is 0 Å². The number of hydrogen-bond acceptors (Lipinski definition) is 3. The van der Waals surface area contributed by atoms with E-state index in [2.05, 4.69) is 10.4 Å².